The lowest BCUT2D eigenvalue weighted by molar-refractivity contribution is -0.229. The molecular formula is C37H61NO4. The van der Waals surface area contributed by atoms with Gasteiger partial charge in [-0.3, -0.25) is 4.79 Å². The van der Waals surface area contributed by atoms with Gasteiger partial charge in [0, 0.05) is 0 Å². The Labute approximate surface area is 256 Å². The summed E-state index contributed by atoms with van der Waals surface area (Å²) in [7, 11) is 1.42. The Bertz CT molecular complexity index is 1120. The van der Waals surface area contributed by atoms with Crippen LogP contribution in [-0.2, 0) is 14.3 Å². The molecule has 0 saturated heterocycles. The molecule has 5 heteroatoms. The smallest absolute Gasteiger partial charge is 0.328 e. The Hall–Kier alpha value is -1.36. The van der Waals surface area contributed by atoms with Gasteiger partial charge in [0.05, 0.1) is 18.6 Å². The van der Waals surface area contributed by atoms with E-state index in [2.05, 4.69) is 73.7 Å². The van der Waals surface area contributed by atoms with Crippen LogP contribution >= 0.6 is 0 Å². The van der Waals surface area contributed by atoms with Crippen molar-refractivity contribution in [1.29, 1.82) is 0 Å². The first kappa shape index (κ1) is 32.0. The first-order chi connectivity index (χ1) is 19.4. The summed E-state index contributed by atoms with van der Waals surface area (Å²) in [4.78, 5) is 27.2. The largest absolute Gasteiger partial charge is 0.467 e. The highest BCUT2D eigenvalue weighted by Crippen LogP contribution is 2.76. The number of esters is 1. The normalized spacial score (nSPS) is 44.4. The number of carbonyl (C=O) groups excluding carboxylic acids is 2. The van der Waals surface area contributed by atoms with Gasteiger partial charge >= 0.3 is 5.97 Å². The van der Waals surface area contributed by atoms with Gasteiger partial charge in [-0.2, -0.15) is 0 Å². The maximum Gasteiger partial charge on any atom is 0.328 e. The van der Waals surface area contributed by atoms with E-state index in [9.17, 15) is 14.7 Å². The Kier molecular flexibility index (Phi) is 7.89. The molecule has 0 heterocycles. The van der Waals surface area contributed by atoms with E-state index in [0.29, 0.717) is 24.2 Å². The predicted octanol–water partition coefficient (Wildman–Crippen LogP) is 7.85. The molecule has 4 fully saturated rings. The average molecular weight is 584 g/mol. The summed E-state index contributed by atoms with van der Waals surface area (Å²) in [6.07, 6.45) is 13.4. The second-order valence-electron chi connectivity index (χ2n) is 17.8. The molecule has 0 aromatic carbocycles. The minimum Gasteiger partial charge on any atom is -0.467 e. The molecule has 5 rings (SSSR count). The van der Waals surface area contributed by atoms with Crippen LogP contribution in [0.2, 0.25) is 0 Å². The van der Waals surface area contributed by atoms with Crippen molar-refractivity contribution in [1.82, 2.24) is 5.32 Å². The minimum atomic E-state index is -0.602. The molecule has 2 N–H and O–H groups in total. The Balaban J connectivity index is 1.52. The Morgan fingerprint density at radius 1 is 0.881 bits per heavy atom. The summed E-state index contributed by atoms with van der Waals surface area (Å²) in [5.74, 6) is 1.54. The molecule has 0 radical (unpaired) electrons. The molecule has 0 aromatic rings. The first-order valence-corrected chi connectivity index (χ1v) is 17.2. The predicted molar refractivity (Wildman–Crippen MR) is 168 cm³/mol. The maximum atomic E-state index is 14.5. The molecule has 0 bridgehead atoms. The van der Waals surface area contributed by atoms with E-state index >= 15 is 0 Å². The van der Waals surface area contributed by atoms with Crippen LogP contribution in [0.15, 0.2) is 11.6 Å². The highest BCUT2D eigenvalue weighted by molar-refractivity contribution is 5.90. The monoisotopic (exact) mass is 583 g/mol. The summed E-state index contributed by atoms with van der Waals surface area (Å²) in [5.41, 5.74) is 1.40. The van der Waals surface area contributed by atoms with Gasteiger partial charge in [0.25, 0.3) is 0 Å². The summed E-state index contributed by atoms with van der Waals surface area (Å²) in [6.45, 7) is 21.2. The second kappa shape index (κ2) is 10.3. The van der Waals surface area contributed by atoms with Crippen LogP contribution in [0.3, 0.4) is 0 Å². The van der Waals surface area contributed by atoms with Crippen molar-refractivity contribution >= 4 is 11.9 Å². The van der Waals surface area contributed by atoms with Crippen molar-refractivity contribution < 1.29 is 19.4 Å². The van der Waals surface area contributed by atoms with Crippen LogP contribution in [-0.4, -0.2) is 36.2 Å². The Morgan fingerprint density at radius 2 is 1.55 bits per heavy atom. The number of fused-ring (bicyclic) bond motifs is 7. The summed E-state index contributed by atoms with van der Waals surface area (Å²) >= 11 is 0. The van der Waals surface area contributed by atoms with Crippen molar-refractivity contribution in [3.63, 3.8) is 0 Å². The molecule has 238 valence electrons. The van der Waals surface area contributed by atoms with Gasteiger partial charge in [0.2, 0.25) is 5.91 Å². The van der Waals surface area contributed by atoms with Gasteiger partial charge in [-0.25, -0.2) is 4.79 Å². The number of aliphatic hydroxyl groups is 1. The lowest BCUT2D eigenvalue weighted by Crippen LogP contribution is -2.66. The first-order valence-electron chi connectivity index (χ1n) is 17.2. The van der Waals surface area contributed by atoms with Crippen molar-refractivity contribution in [3.05, 3.63) is 11.6 Å². The van der Waals surface area contributed by atoms with Crippen LogP contribution in [0.25, 0.3) is 0 Å². The fourth-order valence-corrected chi connectivity index (χ4v) is 11.9. The molecule has 0 aliphatic heterocycles. The van der Waals surface area contributed by atoms with E-state index in [-0.39, 0.29) is 51.0 Å². The quantitative estimate of drug-likeness (QED) is 0.255. The number of methoxy groups -OCH3 is 1. The zero-order chi connectivity index (χ0) is 31.1. The summed E-state index contributed by atoms with van der Waals surface area (Å²) in [6, 6.07) is -0.602. The number of hydrogen-bond donors (Lipinski definition) is 2. The molecule has 4 saturated carbocycles. The highest BCUT2D eigenvalue weighted by Gasteiger charge is 2.69. The van der Waals surface area contributed by atoms with Gasteiger partial charge in [-0.1, -0.05) is 74.0 Å². The number of amides is 1. The lowest BCUT2D eigenvalue weighted by Gasteiger charge is -2.72. The minimum absolute atomic E-state index is 0.0476. The number of hydrogen-bond acceptors (Lipinski definition) is 4. The molecule has 0 unspecified atom stereocenters. The molecule has 42 heavy (non-hydrogen) atoms. The zero-order valence-electron chi connectivity index (χ0n) is 28.5. The van der Waals surface area contributed by atoms with Gasteiger partial charge < -0.3 is 15.2 Å². The van der Waals surface area contributed by atoms with E-state index in [1.54, 1.807) is 0 Å². The highest BCUT2D eigenvalue weighted by atomic mass is 16.5. The van der Waals surface area contributed by atoms with Gasteiger partial charge in [0.1, 0.15) is 6.04 Å². The molecular weight excluding hydrogens is 522 g/mol. The fourth-order valence-electron chi connectivity index (χ4n) is 11.9. The lowest BCUT2D eigenvalue weighted by atomic mass is 9.32. The van der Waals surface area contributed by atoms with Crippen LogP contribution in [0.5, 0.6) is 0 Å². The SMILES string of the molecule is COC(=O)[C@H](CC(C)C)NC(=O)[C@]12CCC(C)(C)C=C1[C@H]1CC[C@@H]3[C@@]4(C)CC[C@H](O)C(C)(C)[C@@H]4CC[C@@]3(C)[C@]1(C)CC2. The van der Waals surface area contributed by atoms with Crippen molar-refractivity contribution in [2.45, 2.75) is 145 Å². The van der Waals surface area contributed by atoms with Crippen LogP contribution in [0.4, 0.5) is 0 Å². The molecule has 9 atom stereocenters. The van der Waals surface area contributed by atoms with E-state index < -0.39 is 11.5 Å². The number of carbonyl (C=O) groups is 2. The Morgan fingerprint density at radius 3 is 2.19 bits per heavy atom. The zero-order valence-corrected chi connectivity index (χ0v) is 28.5. The number of allylic oxidation sites excluding steroid dienone is 1. The van der Waals surface area contributed by atoms with Crippen molar-refractivity contribution in [2.75, 3.05) is 7.11 Å². The van der Waals surface area contributed by atoms with Crippen molar-refractivity contribution in [3.8, 4) is 0 Å². The topological polar surface area (TPSA) is 75.6 Å². The molecule has 0 spiro atoms. The molecule has 0 aromatic heterocycles. The number of ether oxygens (including phenoxy) is 1. The maximum absolute atomic E-state index is 14.5. The number of nitrogens with one attached hydrogen (secondary N) is 1. The molecule has 5 aliphatic carbocycles. The van der Waals surface area contributed by atoms with E-state index in [4.69, 9.17) is 4.74 Å². The third-order valence-corrected chi connectivity index (χ3v) is 14.5. The summed E-state index contributed by atoms with van der Waals surface area (Å²) in [5, 5.41) is 14.3. The third kappa shape index (κ3) is 4.55. The molecule has 1 amide bonds. The average Bonchev–Trinajstić information content (AvgIpc) is 2.90. The number of rotatable bonds is 5. The van der Waals surface area contributed by atoms with E-state index in [1.807, 2.05) is 0 Å². The van der Waals surface area contributed by atoms with Gasteiger partial charge in [-0.05, 0) is 121 Å². The van der Waals surface area contributed by atoms with E-state index in [0.717, 1.165) is 44.9 Å². The van der Waals surface area contributed by atoms with E-state index in [1.165, 1.54) is 31.9 Å². The third-order valence-electron chi connectivity index (χ3n) is 14.5. The standard InChI is InChI=1S/C37H61NO4/c1-23(2)21-26(30(40)42-10)38-31(41)37-19-17-32(3,4)22-25(37)24-11-12-28-34(7)15-14-29(39)33(5,6)27(34)13-16-36(28,9)35(24,8)18-20-37/h22-24,26-29,39H,11-21H2,1-10H3,(H,38,41)/t24-,26+,27+,28-,29+,34+,35-,36-,37+/m1/s1. The number of aliphatic hydroxyl groups excluding tert-OH is 1. The molecule has 5 aliphatic rings. The second-order valence-corrected chi connectivity index (χ2v) is 17.8. The summed E-state index contributed by atoms with van der Waals surface area (Å²) < 4.78 is 5.13. The van der Waals surface area contributed by atoms with Crippen LogP contribution in [0.1, 0.15) is 133 Å². The van der Waals surface area contributed by atoms with Crippen molar-refractivity contribution in [2.24, 2.45) is 56.2 Å². The fraction of sp³-hybridized carbons (Fsp3) is 0.892. The molecule has 5 nitrogen and oxygen atoms in total. The van der Waals surface area contributed by atoms with Gasteiger partial charge in [-0.15, -0.1) is 0 Å². The van der Waals surface area contributed by atoms with Crippen LogP contribution < -0.4 is 5.32 Å². The van der Waals surface area contributed by atoms with Crippen LogP contribution in [0, 0.1) is 56.2 Å². The van der Waals surface area contributed by atoms with Gasteiger partial charge in [0.15, 0.2) is 0 Å².